The lowest BCUT2D eigenvalue weighted by atomic mass is 10.0. The van der Waals surface area contributed by atoms with Crippen LogP contribution in [0.25, 0.3) is 0 Å². The first-order valence-corrected chi connectivity index (χ1v) is 12.9. The Labute approximate surface area is 211 Å². The number of benzene rings is 1. The van der Waals surface area contributed by atoms with Crippen molar-refractivity contribution >= 4 is 49.6 Å². The molecule has 0 saturated carbocycles. The summed E-state index contributed by atoms with van der Waals surface area (Å²) in [5.41, 5.74) is 3.16. The van der Waals surface area contributed by atoms with E-state index < -0.39 is 5.60 Å². The van der Waals surface area contributed by atoms with Gasteiger partial charge in [0.05, 0.1) is 10.6 Å². The van der Waals surface area contributed by atoms with Gasteiger partial charge in [-0.05, 0) is 69.5 Å². The highest BCUT2D eigenvalue weighted by Crippen LogP contribution is 2.41. The van der Waals surface area contributed by atoms with Crippen LogP contribution in [-0.2, 0) is 11.3 Å². The topological polar surface area (TPSA) is 44.1 Å². The number of carbonyl (C=O) groups excluding carboxylic acids is 1. The van der Waals surface area contributed by atoms with E-state index in [9.17, 15) is 4.79 Å². The third-order valence-corrected chi connectivity index (χ3v) is 6.85. The number of halogens is 2. The van der Waals surface area contributed by atoms with E-state index in [-0.39, 0.29) is 11.9 Å². The average Bonchev–Trinajstić information content (AvgIpc) is 2.93. The molecule has 0 N–H and O–H groups in total. The molecule has 2 heterocycles. The molecule has 0 spiro atoms. The molecule has 170 valence electrons. The van der Waals surface area contributed by atoms with Gasteiger partial charge in [-0.2, -0.15) is 0 Å². The molecule has 0 fully saturated rings. The number of rotatable bonds is 6. The van der Waals surface area contributed by atoms with Crippen LogP contribution in [0.5, 0.6) is 0 Å². The minimum absolute atomic E-state index is 0.146. The van der Waals surface area contributed by atoms with Crippen molar-refractivity contribution in [1.29, 1.82) is 0 Å². The van der Waals surface area contributed by atoms with Gasteiger partial charge in [0, 0.05) is 44.0 Å². The second kappa shape index (κ2) is 10.1. The predicted molar refractivity (Wildman–Crippen MR) is 138 cm³/mol. The van der Waals surface area contributed by atoms with Crippen molar-refractivity contribution in [3.63, 3.8) is 0 Å². The van der Waals surface area contributed by atoms with Crippen LogP contribution >= 0.6 is 43.6 Å². The summed E-state index contributed by atoms with van der Waals surface area (Å²) in [5, 5.41) is 1.06. The molecule has 1 aromatic carbocycles. The predicted octanol–water partition coefficient (Wildman–Crippen LogP) is 7.99. The smallest absolute Gasteiger partial charge is 0.340 e. The number of hydrogen-bond acceptors (Lipinski definition) is 4. The van der Waals surface area contributed by atoms with Crippen LogP contribution < -0.4 is 0 Å². The molecule has 0 aliphatic heterocycles. The number of nitrogens with zero attached hydrogens (tertiary/aromatic N) is 2. The highest BCUT2D eigenvalue weighted by molar-refractivity contribution is 9.11. The van der Waals surface area contributed by atoms with E-state index in [4.69, 9.17) is 4.74 Å². The van der Waals surface area contributed by atoms with E-state index in [1.165, 1.54) is 0 Å². The summed E-state index contributed by atoms with van der Waals surface area (Å²) < 4.78 is 10.0. The van der Waals surface area contributed by atoms with E-state index in [0.29, 0.717) is 12.1 Å². The Balaban J connectivity index is 2.20. The maximum absolute atomic E-state index is 13.3. The lowest BCUT2D eigenvalue weighted by Crippen LogP contribution is -2.25. The van der Waals surface area contributed by atoms with Gasteiger partial charge < -0.3 is 9.30 Å². The molecule has 0 radical (unpaired) electrons. The van der Waals surface area contributed by atoms with Gasteiger partial charge in [-0.15, -0.1) is 0 Å². The Bertz CT molecular complexity index is 1100. The fourth-order valence-electron chi connectivity index (χ4n) is 3.53. The van der Waals surface area contributed by atoms with Gasteiger partial charge in [0.1, 0.15) is 5.60 Å². The molecule has 2 aromatic heterocycles. The van der Waals surface area contributed by atoms with Crippen LogP contribution in [0.3, 0.4) is 0 Å². The molecule has 0 unspecified atom stereocenters. The SMILES string of the molecule is Cc1c(C(=O)OC(C)(C)C)c(C(C)C)c(Sc2cc(Br)cc(Br)c2)n1Cc1ccncc1. The Morgan fingerprint density at radius 1 is 1.12 bits per heavy atom. The van der Waals surface area contributed by atoms with Gasteiger partial charge >= 0.3 is 5.97 Å². The summed E-state index contributed by atoms with van der Waals surface area (Å²) in [4.78, 5) is 18.5. The van der Waals surface area contributed by atoms with Gasteiger partial charge in [-0.1, -0.05) is 57.5 Å². The largest absolute Gasteiger partial charge is 0.456 e. The molecule has 3 rings (SSSR count). The summed E-state index contributed by atoms with van der Waals surface area (Å²) >= 11 is 8.85. The summed E-state index contributed by atoms with van der Waals surface area (Å²) in [6, 6.07) is 10.2. The molecule has 32 heavy (non-hydrogen) atoms. The molecule has 0 amide bonds. The average molecular weight is 580 g/mol. The Hall–Kier alpha value is -1.57. The third-order valence-electron chi connectivity index (χ3n) is 4.83. The lowest BCUT2D eigenvalue weighted by Gasteiger charge is -2.20. The van der Waals surface area contributed by atoms with Crippen molar-refractivity contribution in [1.82, 2.24) is 9.55 Å². The molecular weight excluding hydrogens is 552 g/mol. The van der Waals surface area contributed by atoms with E-state index in [1.807, 2.05) is 45.9 Å². The van der Waals surface area contributed by atoms with Crippen molar-refractivity contribution < 1.29 is 9.53 Å². The third kappa shape index (κ3) is 6.06. The fourth-order valence-corrected chi connectivity index (χ4v) is 6.48. The minimum Gasteiger partial charge on any atom is -0.456 e. The van der Waals surface area contributed by atoms with Gasteiger partial charge in [0.2, 0.25) is 0 Å². The van der Waals surface area contributed by atoms with Crippen LogP contribution in [0, 0.1) is 6.92 Å². The number of ether oxygens (including phenoxy) is 1. The number of hydrogen-bond donors (Lipinski definition) is 0. The Kier molecular flexibility index (Phi) is 7.94. The van der Waals surface area contributed by atoms with Crippen LogP contribution in [0.15, 0.2) is 61.6 Å². The molecule has 7 heteroatoms. The number of esters is 1. The van der Waals surface area contributed by atoms with Crippen LogP contribution in [0.1, 0.15) is 67.7 Å². The molecule has 0 aliphatic rings. The summed E-state index contributed by atoms with van der Waals surface area (Å²) in [6.45, 7) is 12.6. The van der Waals surface area contributed by atoms with Crippen molar-refractivity contribution in [3.05, 3.63) is 74.1 Å². The maximum Gasteiger partial charge on any atom is 0.340 e. The minimum atomic E-state index is -0.562. The lowest BCUT2D eigenvalue weighted by molar-refractivity contribution is 0.00671. The first-order valence-electron chi connectivity index (χ1n) is 10.5. The highest BCUT2D eigenvalue weighted by Gasteiger charge is 2.30. The number of aromatic nitrogens is 2. The highest BCUT2D eigenvalue weighted by atomic mass is 79.9. The molecule has 3 aromatic rings. The van der Waals surface area contributed by atoms with Crippen molar-refractivity contribution in [2.24, 2.45) is 0 Å². The zero-order chi connectivity index (χ0) is 23.6. The molecular formula is C25H28Br2N2O2S. The maximum atomic E-state index is 13.3. The van der Waals surface area contributed by atoms with Crippen molar-refractivity contribution in [2.45, 2.75) is 69.5 Å². The van der Waals surface area contributed by atoms with E-state index in [0.717, 1.165) is 35.7 Å². The first kappa shape index (κ1) is 25.1. The molecule has 0 atom stereocenters. The van der Waals surface area contributed by atoms with E-state index in [1.54, 1.807) is 24.2 Å². The fraction of sp³-hybridized carbons (Fsp3) is 0.360. The van der Waals surface area contributed by atoms with Crippen LogP contribution in [0.2, 0.25) is 0 Å². The summed E-state index contributed by atoms with van der Waals surface area (Å²) in [7, 11) is 0. The zero-order valence-electron chi connectivity index (χ0n) is 19.2. The first-order chi connectivity index (χ1) is 15.0. The Morgan fingerprint density at radius 3 is 2.25 bits per heavy atom. The van der Waals surface area contributed by atoms with Crippen molar-refractivity contribution in [3.8, 4) is 0 Å². The zero-order valence-corrected chi connectivity index (χ0v) is 23.2. The molecule has 0 aliphatic carbocycles. The van der Waals surface area contributed by atoms with Crippen LogP contribution in [0.4, 0.5) is 0 Å². The van der Waals surface area contributed by atoms with E-state index >= 15 is 0 Å². The number of carbonyl (C=O) groups is 1. The molecule has 0 saturated heterocycles. The summed E-state index contributed by atoms with van der Waals surface area (Å²) in [6.07, 6.45) is 3.59. The standard InChI is InChI=1S/C25H28Br2N2O2S/c1-15(2)21-22(24(30)31-25(4,5)6)16(3)29(14-17-7-9-28-10-8-17)23(21)32-20-12-18(26)11-19(27)13-20/h7-13,15H,14H2,1-6H3. The summed E-state index contributed by atoms with van der Waals surface area (Å²) in [5.74, 6) is -0.127. The molecule has 4 nitrogen and oxygen atoms in total. The van der Waals surface area contributed by atoms with E-state index in [2.05, 4.69) is 67.4 Å². The monoisotopic (exact) mass is 578 g/mol. The van der Waals surface area contributed by atoms with Gasteiger partial charge in [0.25, 0.3) is 0 Å². The second-order valence-corrected chi connectivity index (χ2v) is 11.9. The normalized spacial score (nSPS) is 11.8. The number of pyridine rings is 1. The van der Waals surface area contributed by atoms with Gasteiger partial charge in [-0.25, -0.2) is 4.79 Å². The van der Waals surface area contributed by atoms with Gasteiger partial charge in [0.15, 0.2) is 0 Å². The van der Waals surface area contributed by atoms with Crippen molar-refractivity contribution in [2.75, 3.05) is 0 Å². The Morgan fingerprint density at radius 2 is 1.72 bits per heavy atom. The van der Waals surface area contributed by atoms with Gasteiger partial charge in [-0.3, -0.25) is 4.98 Å². The second-order valence-electron chi connectivity index (χ2n) is 8.98. The van der Waals surface area contributed by atoms with Crippen LogP contribution in [-0.4, -0.2) is 21.1 Å². The quantitative estimate of drug-likeness (QED) is 0.277. The molecule has 0 bridgehead atoms.